The van der Waals surface area contributed by atoms with Gasteiger partial charge in [-0.3, -0.25) is 4.79 Å². The second-order valence-corrected chi connectivity index (χ2v) is 8.94. The lowest BCUT2D eigenvalue weighted by molar-refractivity contribution is -0.140. The third-order valence-corrected chi connectivity index (χ3v) is 7.01. The Balaban J connectivity index is 1.47. The summed E-state index contributed by atoms with van der Waals surface area (Å²) < 4.78 is 0. The molecule has 0 aromatic rings. The first kappa shape index (κ1) is 14.0. The number of carbonyl (C=O) groups excluding carboxylic acids is 1. The summed E-state index contributed by atoms with van der Waals surface area (Å²) in [6.07, 6.45) is 12.5. The molecule has 0 aromatic heterocycles. The van der Waals surface area contributed by atoms with Gasteiger partial charge in [-0.05, 0) is 74.5 Å². The quantitative estimate of drug-likeness (QED) is 0.868. The SMILES string of the molecule is CN(CC12CC3CC(CC(C3)C1)C2)C(=O)C1(N)CCCC1. The van der Waals surface area contributed by atoms with Gasteiger partial charge in [0, 0.05) is 13.6 Å². The van der Waals surface area contributed by atoms with Gasteiger partial charge in [-0.25, -0.2) is 0 Å². The highest BCUT2D eigenvalue weighted by Crippen LogP contribution is 2.60. The molecule has 0 saturated heterocycles. The van der Waals surface area contributed by atoms with E-state index in [4.69, 9.17) is 5.73 Å². The van der Waals surface area contributed by atoms with Gasteiger partial charge in [0.25, 0.3) is 0 Å². The second-order valence-electron chi connectivity index (χ2n) is 8.94. The molecule has 2 N–H and O–H groups in total. The van der Waals surface area contributed by atoms with Gasteiger partial charge in [0.1, 0.15) is 0 Å². The first-order valence-electron chi connectivity index (χ1n) is 9.03. The van der Waals surface area contributed by atoms with Crippen molar-refractivity contribution >= 4 is 5.91 Å². The molecule has 0 unspecified atom stereocenters. The fourth-order valence-electron chi connectivity index (χ4n) is 6.66. The minimum Gasteiger partial charge on any atom is -0.344 e. The zero-order chi connectivity index (χ0) is 14.7. The summed E-state index contributed by atoms with van der Waals surface area (Å²) in [6.45, 7) is 0.967. The monoisotopic (exact) mass is 290 g/mol. The molecule has 3 heteroatoms. The highest BCUT2D eigenvalue weighted by atomic mass is 16.2. The van der Waals surface area contributed by atoms with Crippen molar-refractivity contribution in [1.82, 2.24) is 4.90 Å². The van der Waals surface area contributed by atoms with E-state index in [9.17, 15) is 4.79 Å². The smallest absolute Gasteiger partial charge is 0.242 e. The molecule has 21 heavy (non-hydrogen) atoms. The fraction of sp³-hybridized carbons (Fsp3) is 0.944. The van der Waals surface area contributed by atoms with E-state index in [1.165, 1.54) is 38.5 Å². The van der Waals surface area contributed by atoms with Crippen LogP contribution in [-0.4, -0.2) is 29.9 Å². The van der Waals surface area contributed by atoms with Crippen LogP contribution in [0.25, 0.3) is 0 Å². The van der Waals surface area contributed by atoms with Crippen LogP contribution in [0.4, 0.5) is 0 Å². The number of hydrogen-bond acceptors (Lipinski definition) is 2. The molecule has 0 aromatic carbocycles. The number of carbonyl (C=O) groups is 1. The molecule has 0 spiro atoms. The summed E-state index contributed by atoms with van der Waals surface area (Å²) >= 11 is 0. The lowest BCUT2D eigenvalue weighted by atomic mass is 9.49. The van der Waals surface area contributed by atoms with Crippen molar-refractivity contribution in [2.75, 3.05) is 13.6 Å². The van der Waals surface area contributed by atoms with E-state index in [1.807, 2.05) is 11.9 Å². The Morgan fingerprint density at radius 1 is 1.05 bits per heavy atom. The minimum absolute atomic E-state index is 0.218. The van der Waals surface area contributed by atoms with Crippen molar-refractivity contribution in [2.24, 2.45) is 28.9 Å². The molecule has 5 aliphatic rings. The molecular formula is C18H30N2O. The van der Waals surface area contributed by atoms with Gasteiger partial charge in [-0.1, -0.05) is 12.8 Å². The van der Waals surface area contributed by atoms with Gasteiger partial charge in [-0.15, -0.1) is 0 Å². The van der Waals surface area contributed by atoms with Crippen LogP contribution >= 0.6 is 0 Å². The van der Waals surface area contributed by atoms with Crippen molar-refractivity contribution in [3.63, 3.8) is 0 Å². The van der Waals surface area contributed by atoms with Crippen molar-refractivity contribution in [3.05, 3.63) is 0 Å². The predicted octanol–water partition coefficient (Wildman–Crippen LogP) is 2.93. The lowest BCUT2D eigenvalue weighted by Crippen LogP contribution is -2.57. The Hall–Kier alpha value is -0.570. The highest BCUT2D eigenvalue weighted by Gasteiger charge is 2.52. The van der Waals surface area contributed by atoms with E-state index in [-0.39, 0.29) is 5.91 Å². The van der Waals surface area contributed by atoms with Gasteiger partial charge in [0.05, 0.1) is 5.54 Å². The van der Waals surface area contributed by atoms with Gasteiger partial charge in [0.15, 0.2) is 0 Å². The summed E-state index contributed by atoms with van der Waals surface area (Å²) in [7, 11) is 2.01. The predicted molar refractivity (Wildman–Crippen MR) is 83.6 cm³/mol. The largest absolute Gasteiger partial charge is 0.344 e. The first-order chi connectivity index (χ1) is 9.98. The summed E-state index contributed by atoms with van der Waals surface area (Å²) in [6, 6.07) is 0. The van der Waals surface area contributed by atoms with Crippen LogP contribution in [0.15, 0.2) is 0 Å². The van der Waals surface area contributed by atoms with Crippen LogP contribution in [0.5, 0.6) is 0 Å². The Kier molecular flexibility index (Phi) is 3.15. The summed E-state index contributed by atoms with van der Waals surface area (Å²) in [5.74, 6) is 3.09. The van der Waals surface area contributed by atoms with Gasteiger partial charge >= 0.3 is 0 Å². The molecule has 5 rings (SSSR count). The van der Waals surface area contributed by atoms with E-state index < -0.39 is 5.54 Å². The van der Waals surface area contributed by atoms with Gasteiger partial charge in [0.2, 0.25) is 5.91 Å². The Bertz CT molecular complexity index is 403. The van der Waals surface area contributed by atoms with Crippen molar-refractivity contribution < 1.29 is 4.79 Å². The molecule has 0 atom stereocenters. The zero-order valence-corrected chi connectivity index (χ0v) is 13.4. The summed E-state index contributed by atoms with van der Waals surface area (Å²) in [5, 5.41) is 0. The third-order valence-electron chi connectivity index (χ3n) is 7.01. The molecule has 4 bridgehead atoms. The van der Waals surface area contributed by atoms with E-state index in [0.29, 0.717) is 5.41 Å². The van der Waals surface area contributed by atoms with Gasteiger partial charge in [-0.2, -0.15) is 0 Å². The molecule has 5 fully saturated rings. The average molecular weight is 290 g/mol. The standard InChI is InChI=1S/C18H30N2O/c1-20(16(21)18(19)4-2-3-5-18)12-17-9-13-6-14(10-17)8-15(7-13)11-17/h13-15H,2-12,19H2,1H3. The first-order valence-corrected chi connectivity index (χ1v) is 9.03. The van der Waals surface area contributed by atoms with Crippen LogP contribution in [0.3, 0.4) is 0 Å². The van der Waals surface area contributed by atoms with Crippen molar-refractivity contribution in [2.45, 2.75) is 69.7 Å². The average Bonchev–Trinajstić information content (AvgIpc) is 2.83. The van der Waals surface area contributed by atoms with Crippen LogP contribution in [0.1, 0.15) is 64.2 Å². The lowest BCUT2D eigenvalue weighted by Gasteiger charge is -2.57. The number of nitrogens with two attached hydrogens (primary N) is 1. The van der Waals surface area contributed by atoms with Crippen LogP contribution < -0.4 is 5.73 Å². The number of amides is 1. The maximum atomic E-state index is 12.8. The summed E-state index contributed by atoms with van der Waals surface area (Å²) in [4.78, 5) is 14.8. The minimum atomic E-state index is -0.545. The van der Waals surface area contributed by atoms with E-state index in [2.05, 4.69) is 0 Å². The van der Waals surface area contributed by atoms with Gasteiger partial charge < -0.3 is 10.6 Å². The maximum Gasteiger partial charge on any atom is 0.242 e. The third kappa shape index (κ3) is 2.32. The maximum absolute atomic E-state index is 12.8. The van der Waals surface area contributed by atoms with E-state index in [1.54, 1.807) is 0 Å². The molecule has 5 aliphatic carbocycles. The molecule has 1 amide bonds. The molecule has 0 aliphatic heterocycles. The number of nitrogens with zero attached hydrogens (tertiary/aromatic N) is 1. The number of likely N-dealkylation sites (N-methyl/N-ethyl adjacent to an activating group) is 1. The molecular weight excluding hydrogens is 260 g/mol. The Morgan fingerprint density at radius 3 is 2.00 bits per heavy atom. The second kappa shape index (κ2) is 4.71. The summed E-state index contributed by atoms with van der Waals surface area (Å²) in [5.41, 5.74) is 6.27. The number of rotatable bonds is 3. The number of hydrogen-bond donors (Lipinski definition) is 1. The fourth-order valence-corrected chi connectivity index (χ4v) is 6.66. The normalized spacial score (nSPS) is 43.2. The topological polar surface area (TPSA) is 46.3 Å². The molecule has 5 saturated carbocycles. The van der Waals surface area contributed by atoms with Crippen molar-refractivity contribution in [3.8, 4) is 0 Å². The van der Waals surface area contributed by atoms with Crippen LogP contribution in [0.2, 0.25) is 0 Å². The highest BCUT2D eigenvalue weighted by molar-refractivity contribution is 5.86. The van der Waals surface area contributed by atoms with E-state index >= 15 is 0 Å². The molecule has 3 nitrogen and oxygen atoms in total. The van der Waals surface area contributed by atoms with E-state index in [0.717, 1.165) is 50.0 Å². The zero-order valence-electron chi connectivity index (χ0n) is 13.4. The van der Waals surface area contributed by atoms with Crippen LogP contribution in [-0.2, 0) is 4.79 Å². The molecule has 0 radical (unpaired) electrons. The molecule has 118 valence electrons. The van der Waals surface area contributed by atoms with Crippen LogP contribution in [0, 0.1) is 23.2 Å². The Morgan fingerprint density at radius 2 is 1.52 bits per heavy atom. The molecule has 0 heterocycles. The Labute approximate surface area is 128 Å². The van der Waals surface area contributed by atoms with Crippen molar-refractivity contribution in [1.29, 1.82) is 0 Å².